The van der Waals surface area contributed by atoms with Gasteiger partial charge in [0, 0.05) is 18.6 Å². The van der Waals surface area contributed by atoms with Gasteiger partial charge in [0.25, 0.3) is 11.7 Å². The molecule has 17 heavy (non-hydrogen) atoms. The first kappa shape index (κ1) is 10.4. The van der Waals surface area contributed by atoms with Crippen LogP contribution < -0.4 is 5.32 Å². The number of aromatic nitrogens is 2. The molecule has 1 aromatic carbocycles. The first-order valence-electron chi connectivity index (χ1n) is 4.70. The molecule has 0 atom stereocenters. The number of hydrogen-bond donors (Lipinski definition) is 1. The summed E-state index contributed by atoms with van der Waals surface area (Å²) >= 11 is 3.07. The van der Waals surface area contributed by atoms with Crippen molar-refractivity contribution in [3.05, 3.63) is 22.1 Å². The standard InChI is InChI=1S/C10H5BrFN3O2/c1-15-2-3-4-8(13-10(17)9(4)16)6(12)5(11)7(3)14-15/h2H,1H3,(H,13,16,17). The number of aryl methyl sites for hydroxylation is 1. The number of fused-ring (bicyclic) bond motifs is 3. The van der Waals surface area contributed by atoms with E-state index in [4.69, 9.17) is 0 Å². The predicted octanol–water partition coefficient (Wildman–Crippen LogP) is 1.61. The van der Waals surface area contributed by atoms with E-state index < -0.39 is 17.5 Å². The molecule has 0 bridgehead atoms. The largest absolute Gasteiger partial charge is 0.316 e. The quantitative estimate of drug-likeness (QED) is 0.752. The number of carbonyl (C=O) groups excluding carboxylic acids is 2. The fourth-order valence-corrected chi connectivity index (χ4v) is 2.42. The Morgan fingerprint density at radius 1 is 1.47 bits per heavy atom. The van der Waals surface area contributed by atoms with E-state index in [1.54, 1.807) is 13.2 Å². The van der Waals surface area contributed by atoms with Crippen molar-refractivity contribution >= 4 is 44.2 Å². The number of nitrogens with zero attached hydrogens (tertiary/aromatic N) is 2. The van der Waals surface area contributed by atoms with Gasteiger partial charge in [-0.05, 0) is 15.9 Å². The van der Waals surface area contributed by atoms with E-state index in [9.17, 15) is 14.0 Å². The summed E-state index contributed by atoms with van der Waals surface area (Å²) in [4.78, 5) is 22.9. The molecule has 2 heterocycles. The summed E-state index contributed by atoms with van der Waals surface area (Å²) in [7, 11) is 1.66. The van der Waals surface area contributed by atoms with Gasteiger partial charge in [0.15, 0.2) is 5.82 Å². The molecular formula is C10H5BrFN3O2. The molecule has 1 amide bonds. The highest BCUT2D eigenvalue weighted by Gasteiger charge is 2.35. The van der Waals surface area contributed by atoms with Gasteiger partial charge in [-0.3, -0.25) is 14.3 Å². The van der Waals surface area contributed by atoms with Crippen LogP contribution in [0.15, 0.2) is 10.7 Å². The number of nitrogens with one attached hydrogen (secondary N) is 1. The molecule has 0 saturated heterocycles. The van der Waals surface area contributed by atoms with E-state index in [0.29, 0.717) is 10.9 Å². The van der Waals surface area contributed by atoms with E-state index in [1.165, 1.54) is 4.68 Å². The Morgan fingerprint density at radius 3 is 2.88 bits per heavy atom. The fourth-order valence-electron chi connectivity index (χ4n) is 1.93. The van der Waals surface area contributed by atoms with Crippen LogP contribution in [0.3, 0.4) is 0 Å². The molecule has 0 fully saturated rings. The Balaban J connectivity index is 2.54. The number of ketones is 1. The van der Waals surface area contributed by atoms with Crippen LogP contribution in [-0.4, -0.2) is 21.5 Å². The molecule has 1 aliphatic heterocycles. The minimum atomic E-state index is -0.817. The smallest absolute Gasteiger partial charge is 0.296 e. The number of carbonyl (C=O) groups is 2. The minimum Gasteiger partial charge on any atom is -0.316 e. The average Bonchev–Trinajstić information content (AvgIpc) is 2.78. The molecule has 5 nitrogen and oxygen atoms in total. The van der Waals surface area contributed by atoms with Crippen molar-refractivity contribution in [1.82, 2.24) is 9.78 Å². The monoisotopic (exact) mass is 297 g/mol. The van der Waals surface area contributed by atoms with Crippen molar-refractivity contribution in [2.45, 2.75) is 0 Å². The predicted molar refractivity (Wildman–Crippen MR) is 61.3 cm³/mol. The van der Waals surface area contributed by atoms with Crippen molar-refractivity contribution in [2.24, 2.45) is 7.05 Å². The second kappa shape index (κ2) is 3.13. The number of benzene rings is 1. The lowest BCUT2D eigenvalue weighted by atomic mass is 10.1. The van der Waals surface area contributed by atoms with E-state index in [2.05, 4.69) is 26.3 Å². The Bertz CT molecular complexity index is 707. The third-order valence-corrected chi connectivity index (χ3v) is 3.36. The van der Waals surface area contributed by atoms with Gasteiger partial charge in [-0.25, -0.2) is 4.39 Å². The van der Waals surface area contributed by atoms with Crippen LogP contribution in [0.2, 0.25) is 0 Å². The minimum absolute atomic E-state index is 0.0544. The van der Waals surface area contributed by atoms with Crippen molar-refractivity contribution in [3.63, 3.8) is 0 Å². The molecule has 0 radical (unpaired) electrons. The highest BCUT2D eigenvalue weighted by atomic mass is 79.9. The summed E-state index contributed by atoms with van der Waals surface area (Å²) < 4.78 is 15.5. The van der Waals surface area contributed by atoms with Gasteiger partial charge in [0.2, 0.25) is 0 Å². The van der Waals surface area contributed by atoms with Gasteiger partial charge in [0.05, 0.1) is 15.7 Å². The van der Waals surface area contributed by atoms with Crippen molar-refractivity contribution in [1.29, 1.82) is 0 Å². The van der Waals surface area contributed by atoms with Crippen LogP contribution >= 0.6 is 15.9 Å². The van der Waals surface area contributed by atoms with E-state index in [1.807, 2.05) is 0 Å². The van der Waals surface area contributed by atoms with Gasteiger partial charge in [-0.15, -0.1) is 0 Å². The van der Waals surface area contributed by atoms with E-state index >= 15 is 0 Å². The Kier molecular flexibility index (Phi) is 1.91. The maximum atomic E-state index is 13.9. The third kappa shape index (κ3) is 1.20. The van der Waals surface area contributed by atoms with Crippen LogP contribution in [-0.2, 0) is 11.8 Å². The molecule has 0 aliphatic carbocycles. The Labute approximate surface area is 103 Å². The number of anilines is 1. The summed E-state index contributed by atoms with van der Waals surface area (Å²) in [5, 5.41) is 6.73. The third-order valence-electron chi connectivity index (χ3n) is 2.64. The molecule has 86 valence electrons. The van der Waals surface area contributed by atoms with Crippen molar-refractivity contribution < 1.29 is 14.0 Å². The van der Waals surface area contributed by atoms with Crippen LogP contribution in [0.25, 0.3) is 10.9 Å². The van der Waals surface area contributed by atoms with Crippen molar-refractivity contribution in [2.75, 3.05) is 5.32 Å². The first-order chi connectivity index (χ1) is 8.00. The highest BCUT2D eigenvalue weighted by Crippen LogP contribution is 2.38. The first-order valence-corrected chi connectivity index (χ1v) is 5.50. The second-order valence-corrected chi connectivity index (χ2v) is 4.52. The molecule has 1 aromatic heterocycles. The SMILES string of the molecule is Cn1cc2c3c(c(F)c(Br)c2n1)NC(=O)C3=O. The summed E-state index contributed by atoms with van der Waals surface area (Å²) in [5.41, 5.74) is 0.305. The highest BCUT2D eigenvalue weighted by molar-refractivity contribution is 9.10. The van der Waals surface area contributed by atoms with Crippen LogP contribution in [0.4, 0.5) is 10.1 Å². The fraction of sp³-hybridized carbons (Fsp3) is 0.100. The van der Waals surface area contributed by atoms with Gasteiger partial charge in [-0.2, -0.15) is 5.10 Å². The normalized spacial score (nSPS) is 14.3. The lowest BCUT2D eigenvalue weighted by Gasteiger charge is -2.02. The summed E-state index contributed by atoms with van der Waals surface area (Å²) in [6, 6.07) is 0. The number of hydrogen-bond acceptors (Lipinski definition) is 3. The molecule has 0 saturated carbocycles. The lowest BCUT2D eigenvalue weighted by molar-refractivity contribution is -0.112. The zero-order chi connectivity index (χ0) is 12.3. The maximum Gasteiger partial charge on any atom is 0.296 e. The van der Waals surface area contributed by atoms with Crippen LogP contribution in [0.1, 0.15) is 10.4 Å². The summed E-state index contributed by atoms with van der Waals surface area (Å²) in [6.45, 7) is 0. The zero-order valence-corrected chi connectivity index (χ0v) is 10.1. The number of rotatable bonds is 0. The number of amides is 1. The molecule has 7 heteroatoms. The van der Waals surface area contributed by atoms with Crippen LogP contribution in [0.5, 0.6) is 0 Å². The number of halogens is 2. The zero-order valence-electron chi connectivity index (χ0n) is 8.54. The van der Waals surface area contributed by atoms with Crippen molar-refractivity contribution in [3.8, 4) is 0 Å². The van der Waals surface area contributed by atoms with Gasteiger partial charge in [-0.1, -0.05) is 0 Å². The molecule has 1 aliphatic rings. The molecule has 3 rings (SSSR count). The molecule has 0 unspecified atom stereocenters. The lowest BCUT2D eigenvalue weighted by Crippen LogP contribution is -2.12. The Hall–Kier alpha value is -1.76. The second-order valence-electron chi connectivity index (χ2n) is 3.73. The van der Waals surface area contributed by atoms with Gasteiger partial charge in [0.1, 0.15) is 5.52 Å². The number of Topliss-reactive ketones (excluding diaryl/α,β-unsaturated/α-hetero) is 1. The molecule has 2 aromatic rings. The maximum absolute atomic E-state index is 13.9. The van der Waals surface area contributed by atoms with E-state index in [0.717, 1.165) is 0 Å². The summed E-state index contributed by atoms with van der Waals surface area (Å²) in [6.07, 6.45) is 1.58. The molecule has 0 spiro atoms. The topological polar surface area (TPSA) is 64.0 Å². The van der Waals surface area contributed by atoms with Gasteiger partial charge >= 0.3 is 0 Å². The van der Waals surface area contributed by atoms with E-state index in [-0.39, 0.29) is 15.7 Å². The average molecular weight is 298 g/mol. The summed E-state index contributed by atoms with van der Waals surface area (Å²) in [5.74, 6) is -2.23. The molecule has 1 N–H and O–H groups in total. The Morgan fingerprint density at radius 2 is 2.18 bits per heavy atom. The van der Waals surface area contributed by atoms with Gasteiger partial charge < -0.3 is 5.32 Å². The molecular weight excluding hydrogens is 293 g/mol. The van der Waals surface area contributed by atoms with Crippen LogP contribution in [0, 0.1) is 5.82 Å².